The van der Waals surface area contributed by atoms with E-state index in [4.69, 9.17) is 5.26 Å². The van der Waals surface area contributed by atoms with Crippen molar-refractivity contribution >= 4 is 12.0 Å². The number of amides is 1. The zero-order valence-corrected chi connectivity index (χ0v) is 10.8. The van der Waals surface area contributed by atoms with E-state index in [0.717, 1.165) is 0 Å². The van der Waals surface area contributed by atoms with Gasteiger partial charge in [0.1, 0.15) is 11.6 Å². The molecule has 0 radical (unpaired) electrons. The first-order chi connectivity index (χ1) is 8.93. The van der Waals surface area contributed by atoms with Crippen molar-refractivity contribution in [2.24, 2.45) is 5.92 Å². The topological polar surface area (TPSA) is 93.4 Å². The fraction of sp³-hybridized carbons (Fsp3) is 0.286. The average molecular weight is 260 g/mol. The van der Waals surface area contributed by atoms with Crippen molar-refractivity contribution in [3.05, 3.63) is 29.3 Å². The van der Waals surface area contributed by atoms with Crippen LogP contribution in [0.2, 0.25) is 0 Å². The number of rotatable bonds is 4. The Morgan fingerprint density at radius 1 is 1.42 bits per heavy atom. The van der Waals surface area contributed by atoms with Gasteiger partial charge in [-0.15, -0.1) is 0 Å². The Morgan fingerprint density at radius 3 is 2.63 bits per heavy atom. The van der Waals surface area contributed by atoms with Gasteiger partial charge in [0.2, 0.25) is 0 Å². The molecule has 0 aliphatic carbocycles. The Labute approximate surface area is 111 Å². The van der Waals surface area contributed by atoms with Gasteiger partial charge in [0, 0.05) is 6.54 Å². The molecule has 0 atom stereocenters. The van der Waals surface area contributed by atoms with Gasteiger partial charge in [0.25, 0.3) is 5.91 Å². The summed E-state index contributed by atoms with van der Waals surface area (Å²) in [6, 6.07) is 5.89. The Hall–Kier alpha value is -2.48. The lowest BCUT2D eigenvalue weighted by Crippen LogP contribution is -2.28. The zero-order valence-electron chi connectivity index (χ0n) is 10.8. The van der Waals surface area contributed by atoms with Crippen molar-refractivity contribution in [1.82, 2.24) is 5.32 Å². The summed E-state index contributed by atoms with van der Waals surface area (Å²) in [7, 11) is 0. The van der Waals surface area contributed by atoms with Crippen LogP contribution in [0.15, 0.2) is 23.8 Å². The van der Waals surface area contributed by atoms with Crippen LogP contribution in [-0.2, 0) is 4.79 Å². The smallest absolute Gasteiger partial charge is 0.261 e. The fourth-order valence-corrected chi connectivity index (χ4v) is 1.34. The summed E-state index contributed by atoms with van der Waals surface area (Å²) in [5.74, 6) is -0.709. The molecule has 0 aliphatic rings. The largest absolute Gasteiger partial charge is 0.504 e. The molecule has 0 spiro atoms. The normalized spacial score (nSPS) is 11.2. The van der Waals surface area contributed by atoms with Gasteiger partial charge in [-0.05, 0) is 29.7 Å². The Balaban J connectivity index is 2.90. The molecule has 0 aliphatic heterocycles. The second kappa shape index (κ2) is 6.45. The van der Waals surface area contributed by atoms with Crippen LogP contribution in [0.3, 0.4) is 0 Å². The number of nitrogens with zero attached hydrogens (tertiary/aromatic N) is 1. The maximum absolute atomic E-state index is 11.7. The highest BCUT2D eigenvalue weighted by molar-refractivity contribution is 6.01. The van der Waals surface area contributed by atoms with Gasteiger partial charge in [-0.25, -0.2) is 0 Å². The zero-order chi connectivity index (χ0) is 14.4. The minimum Gasteiger partial charge on any atom is -0.504 e. The van der Waals surface area contributed by atoms with Crippen LogP contribution in [0.4, 0.5) is 0 Å². The Bertz CT molecular complexity index is 542. The third kappa shape index (κ3) is 4.36. The van der Waals surface area contributed by atoms with Gasteiger partial charge in [-0.3, -0.25) is 4.79 Å². The predicted molar refractivity (Wildman–Crippen MR) is 71.2 cm³/mol. The number of hydrogen-bond donors (Lipinski definition) is 3. The lowest BCUT2D eigenvalue weighted by Gasteiger charge is -2.06. The molecule has 0 aromatic heterocycles. The first-order valence-electron chi connectivity index (χ1n) is 5.86. The Morgan fingerprint density at radius 2 is 2.11 bits per heavy atom. The van der Waals surface area contributed by atoms with E-state index in [1.165, 1.54) is 24.3 Å². The van der Waals surface area contributed by atoms with Gasteiger partial charge in [-0.1, -0.05) is 19.9 Å². The quantitative estimate of drug-likeness (QED) is 0.437. The molecule has 1 aromatic rings. The summed E-state index contributed by atoms with van der Waals surface area (Å²) in [6.07, 6.45) is 1.36. The van der Waals surface area contributed by atoms with Crippen LogP contribution in [0.1, 0.15) is 19.4 Å². The molecule has 0 heterocycles. The molecule has 0 unspecified atom stereocenters. The first kappa shape index (κ1) is 14.6. The summed E-state index contributed by atoms with van der Waals surface area (Å²) in [5.41, 5.74) is 0.414. The van der Waals surface area contributed by atoms with E-state index in [0.29, 0.717) is 18.0 Å². The molecule has 1 aromatic carbocycles. The van der Waals surface area contributed by atoms with Gasteiger partial charge in [-0.2, -0.15) is 5.26 Å². The molecule has 5 heteroatoms. The molecule has 100 valence electrons. The molecule has 0 bridgehead atoms. The van der Waals surface area contributed by atoms with E-state index in [1.54, 1.807) is 0 Å². The molecule has 1 amide bonds. The number of aromatic hydroxyl groups is 2. The highest BCUT2D eigenvalue weighted by Crippen LogP contribution is 2.25. The lowest BCUT2D eigenvalue weighted by molar-refractivity contribution is -0.117. The molecular formula is C14H16N2O3. The molecule has 3 N–H and O–H groups in total. The van der Waals surface area contributed by atoms with Crippen LogP contribution in [0, 0.1) is 17.2 Å². The number of benzene rings is 1. The number of phenolic OH excluding ortho intramolecular Hbond substituents is 2. The maximum atomic E-state index is 11.7. The number of carbonyl (C=O) groups is 1. The molecule has 0 saturated carbocycles. The van der Waals surface area contributed by atoms with Crippen LogP contribution in [0.25, 0.3) is 6.08 Å². The third-order valence-electron chi connectivity index (χ3n) is 2.35. The first-order valence-corrected chi connectivity index (χ1v) is 5.86. The van der Waals surface area contributed by atoms with Crippen LogP contribution in [0.5, 0.6) is 11.5 Å². The van der Waals surface area contributed by atoms with Crippen molar-refractivity contribution in [2.45, 2.75) is 13.8 Å². The van der Waals surface area contributed by atoms with Gasteiger partial charge >= 0.3 is 0 Å². The molecule has 5 nitrogen and oxygen atoms in total. The van der Waals surface area contributed by atoms with E-state index in [-0.39, 0.29) is 17.1 Å². The van der Waals surface area contributed by atoms with E-state index in [1.807, 2.05) is 19.9 Å². The highest BCUT2D eigenvalue weighted by Gasteiger charge is 2.09. The average Bonchev–Trinajstić information content (AvgIpc) is 2.37. The highest BCUT2D eigenvalue weighted by atomic mass is 16.3. The molecule has 0 fully saturated rings. The minimum atomic E-state index is -0.455. The van der Waals surface area contributed by atoms with Crippen molar-refractivity contribution < 1.29 is 15.0 Å². The Kier molecular flexibility index (Phi) is 4.95. The maximum Gasteiger partial charge on any atom is 0.261 e. The number of carbonyl (C=O) groups excluding carboxylic acids is 1. The fourth-order valence-electron chi connectivity index (χ4n) is 1.34. The second-order valence-corrected chi connectivity index (χ2v) is 4.52. The van der Waals surface area contributed by atoms with Crippen molar-refractivity contribution in [1.29, 1.82) is 5.26 Å². The van der Waals surface area contributed by atoms with Crippen molar-refractivity contribution in [3.8, 4) is 17.6 Å². The number of nitrogens with one attached hydrogen (secondary N) is 1. The van der Waals surface area contributed by atoms with E-state index < -0.39 is 5.91 Å². The number of nitriles is 1. The number of phenols is 2. The molecule has 0 saturated heterocycles. The van der Waals surface area contributed by atoms with Gasteiger partial charge in [0.15, 0.2) is 11.5 Å². The van der Waals surface area contributed by atoms with Crippen LogP contribution >= 0.6 is 0 Å². The number of hydrogen-bond acceptors (Lipinski definition) is 4. The predicted octanol–water partition coefficient (Wildman–Crippen LogP) is 1.78. The second-order valence-electron chi connectivity index (χ2n) is 4.52. The summed E-state index contributed by atoms with van der Waals surface area (Å²) in [6.45, 7) is 4.39. The summed E-state index contributed by atoms with van der Waals surface area (Å²) < 4.78 is 0. The standard InChI is InChI=1S/C14H16N2O3/c1-9(2)8-16-14(19)11(7-15)5-10-3-4-12(17)13(18)6-10/h3-6,9,17-18H,8H2,1-2H3,(H,16,19)/b11-5+. The summed E-state index contributed by atoms with van der Waals surface area (Å²) in [5, 5.41) is 30.1. The molecular weight excluding hydrogens is 244 g/mol. The van der Waals surface area contributed by atoms with Crippen LogP contribution in [-0.4, -0.2) is 22.7 Å². The van der Waals surface area contributed by atoms with Gasteiger partial charge in [0.05, 0.1) is 0 Å². The summed E-state index contributed by atoms with van der Waals surface area (Å²) in [4.78, 5) is 11.7. The van der Waals surface area contributed by atoms with Crippen LogP contribution < -0.4 is 5.32 Å². The van der Waals surface area contributed by atoms with E-state index in [2.05, 4.69) is 5.32 Å². The molecule has 19 heavy (non-hydrogen) atoms. The lowest BCUT2D eigenvalue weighted by atomic mass is 10.1. The monoisotopic (exact) mass is 260 g/mol. The van der Waals surface area contributed by atoms with Crippen molar-refractivity contribution in [3.63, 3.8) is 0 Å². The minimum absolute atomic E-state index is 0.0502. The summed E-state index contributed by atoms with van der Waals surface area (Å²) >= 11 is 0. The van der Waals surface area contributed by atoms with Crippen molar-refractivity contribution in [2.75, 3.05) is 6.54 Å². The van der Waals surface area contributed by atoms with E-state index >= 15 is 0 Å². The third-order valence-corrected chi connectivity index (χ3v) is 2.35. The molecule has 1 rings (SSSR count). The van der Waals surface area contributed by atoms with E-state index in [9.17, 15) is 15.0 Å². The van der Waals surface area contributed by atoms with Gasteiger partial charge < -0.3 is 15.5 Å². The SMILES string of the molecule is CC(C)CNC(=O)/C(C#N)=C/c1ccc(O)c(O)c1.